The lowest BCUT2D eigenvalue weighted by molar-refractivity contribution is -0.150. The number of allylic oxidation sites excluding steroid dienone is 1. The molecule has 0 aromatic carbocycles. The molecular weight excluding hydrogens is 535 g/mol. The summed E-state index contributed by atoms with van der Waals surface area (Å²) in [6, 6.07) is 0. The van der Waals surface area contributed by atoms with E-state index in [1.54, 1.807) is 0 Å². The van der Waals surface area contributed by atoms with E-state index in [0.29, 0.717) is 5.41 Å². The van der Waals surface area contributed by atoms with E-state index in [4.69, 9.17) is 39.5 Å². The molecule has 0 N–H and O–H groups in total. The van der Waals surface area contributed by atoms with Crippen LogP contribution in [0.25, 0.3) is 0 Å². The summed E-state index contributed by atoms with van der Waals surface area (Å²) in [6.07, 6.45) is 16.2. The number of fused-ring (bicyclic) bond motifs is 5. The smallest absolute Gasteiger partial charge is 0.311 e. The topological polar surface area (TPSA) is 26.3 Å². The van der Waals surface area contributed by atoms with Gasteiger partial charge in [0.15, 0.2) is 0 Å². The molecule has 4 rings (SSSR count). The predicted molar refractivity (Wildman–Crippen MR) is 161 cm³/mol. The zero-order valence-electron chi connectivity index (χ0n) is 24.6. The Hall–Kier alpha value is -0.180. The van der Waals surface area contributed by atoms with Crippen molar-refractivity contribution < 1.29 is 9.53 Å². The van der Waals surface area contributed by atoms with Gasteiger partial charge in [0.1, 0.15) is 10.6 Å². The molecule has 0 spiro atoms. The van der Waals surface area contributed by atoms with Crippen LogP contribution in [0, 0.1) is 52.3 Å². The van der Waals surface area contributed by atoms with E-state index in [0.717, 1.165) is 60.7 Å². The van der Waals surface area contributed by atoms with Gasteiger partial charge >= 0.3 is 5.97 Å². The van der Waals surface area contributed by atoms with Crippen molar-refractivity contribution in [1.82, 2.24) is 0 Å². The average molecular weight is 586 g/mol. The third-order valence-electron chi connectivity index (χ3n) is 12.1. The Balaban J connectivity index is 1.41. The van der Waals surface area contributed by atoms with Crippen LogP contribution < -0.4 is 0 Å². The molecule has 0 aromatic rings. The number of halogens is 3. The lowest BCUT2D eigenvalue weighted by atomic mass is 9.47. The number of ether oxygens (including phenoxy) is 1. The summed E-state index contributed by atoms with van der Waals surface area (Å²) in [5.41, 5.74) is 2.29. The zero-order chi connectivity index (χ0) is 27.8. The van der Waals surface area contributed by atoms with Crippen LogP contribution in [0.3, 0.4) is 0 Å². The van der Waals surface area contributed by atoms with E-state index < -0.39 is 0 Å². The molecule has 0 heterocycles. The fourth-order valence-corrected chi connectivity index (χ4v) is 10.1. The standard InChI is InChI=1S/C33H51Cl3O2/c1-7-22(20(2)3)9-8-21(4)26-12-13-27-25-11-10-23-18-24(38-30(37)19-29(34)31(35)36)14-16-32(23,5)28(25)15-17-33(26,27)6/h10,20-22,24-28H,7-9,11-19H2,1-6H3/t21-,22+,24+,25+,26-,27+,28+,32+,33-/m1/s1. The molecule has 38 heavy (non-hydrogen) atoms. The summed E-state index contributed by atoms with van der Waals surface area (Å²) >= 11 is 17.4. The fourth-order valence-electron chi connectivity index (χ4n) is 9.81. The highest BCUT2D eigenvalue weighted by atomic mass is 35.5. The Bertz CT molecular complexity index is 921. The maximum atomic E-state index is 12.4. The number of carbonyl (C=O) groups is 1. The van der Waals surface area contributed by atoms with Gasteiger partial charge in [0, 0.05) is 6.42 Å². The molecule has 0 radical (unpaired) electrons. The molecule has 9 atom stereocenters. The van der Waals surface area contributed by atoms with E-state index in [-0.39, 0.29) is 33.4 Å². The molecule has 0 aliphatic heterocycles. The average Bonchev–Trinajstić information content (AvgIpc) is 3.21. The number of hydrogen-bond donors (Lipinski definition) is 0. The van der Waals surface area contributed by atoms with Gasteiger partial charge in [-0.1, -0.05) is 101 Å². The number of hydrogen-bond acceptors (Lipinski definition) is 2. The first-order valence-electron chi connectivity index (χ1n) is 15.5. The van der Waals surface area contributed by atoms with E-state index in [9.17, 15) is 4.79 Å². The second kappa shape index (κ2) is 12.4. The van der Waals surface area contributed by atoms with Crippen LogP contribution >= 0.6 is 34.8 Å². The molecule has 5 heteroatoms. The summed E-state index contributed by atoms with van der Waals surface area (Å²) in [5, 5.41) is 0.151. The molecule has 3 saturated carbocycles. The highest BCUT2D eigenvalue weighted by Gasteiger charge is 2.59. The molecule has 0 aromatic heterocycles. The number of rotatable bonds is 9. The monoisotopic (exact) mass is 584 g/mol. The van der Waals surface area contributed by atoms with Gasteiger partial charge in [0.25, 0.3) is 0 Å². The summed E-state index contributed by atoms with van der Waals surface area (Å²) in [7, 11) is 0. The quantitative estimate of drug-likeness (QED) is 0.199. The largest absolute Gasteiger partial charge is 0.462 e. The Morgan fingerprint density at radius 2 is 1.76 bits per heavy atom. The van der Waals surface area contributed by atoms with Gasteiger partial charge in [0.05, 0.1) is 11.5 Å². The third-order valence-corrected chi connectivity index (χ3v) is 13.1. The second-order valence-electron chi connectivity index (χ2n) is 14.2. The van der Waals surface area contributed by atoms with Crippen LogP contribution in [-0.4, -0.2) is 12.1 Å². The van der Waals surface area contributed by atoms with Gasteiger partial charge in [-0.05, 0) is 104 Å². The molecule has 4 aliphatic rings. The minimum absolute atomic E-state index is 0.0577. The van der Waals surface area contributed by atoms with Gasteiger partial charge < -0.3 is 4.74 Å². The van der Waals surface area contributed by atoms with E-state index in [1.807, 2.05) is 0 Å². The number of esters is 1. The molecule has 216 valence electrons. The van der Waals surface area contributed by atoms with Crippen molar-refractivity contribution in [3.05, 3.63) is 21.2 Å². The minimum Gasteiger partial charge on any atom is -0.462 e. The van der Waals surface area contributed by atoms with Crippen LogP contribution in [0.4, 0.5) is 0 Å². The fraction of sp³-hybridized carbons (Fsp3) is 0.848. The second-order valence-corrected chi connectivity index (χ2v) is 15.6. The first-order chi connectivity index (χ1) is 17.9. The van der Waals surface area contributed by atoms with Gasteiger partial charge in [-0.3, -0.25) is 4.79 Å². The maximum absolute atomic E-state index is 12.4. The molecular formula is C33H51Cl3O2. The van der Waals surface area contributed by atoms with Crippen molar-refractivity contribution in [3.8, 4) is 0 Å². The van der Waals surface area contributed by atoms with Gasteiger partial charge in [-0.25, -0.2) is 0 Å². The van der Waals surface area contributed by atoms with Gasteiger partial charge in [-0.2, -0.15) is 0 Å². The minimum atomic E-state index is -0.338. The Morgan fingerprint density at radius 1 is 1.03 bits per heavy atom. The van der Waals surface area contributed by atoms with Crippen LogP contribution in [0.15, 0.2) is 21.2 Å². The van der Waals surface area contributed by atoms with E-state index >= 15 is 0 Å². The summed E-state index contributed by atoms with van der Waals surface area (Å²) < 4.78 is 5.75. The van der Waals surface area contributed by atoms with Crippen molar-refractivity contribution in [2.24, 2.45) is 52.3 Å². The van der Waals surface area contributed by atoms with Crippen molar-refractivity contribution in [3.63, 3.8) is 0 Å². The van der Waals surface area contributed by atoms with E-state index in [2.05, 4.69) is 47.6 Å². The molecule has 3 fully saturated rings. The van der Waals surface area contributed by atoms with E-state index in [1.165, 1.54) is 56.9 Å². The highest BCUT2D eigenvalue weighted by Crippen LogP contribution is 2.67. The molecule has 0 unspecified atom stereocenters. The van der Waals surface area contributed by atoms with Crippen molar-refractivity contribution in [2.45, 2.75) is 125 Å². The van der Waals surface area contributed by atoms with Gasteiger partial charge in [-0.15, -0.1) is 0 Å². The SMILES string of the molecule is CC[C@@H](CC[C@@H](C)[C@H]1CC[C@H]2[C@@H]3CC=C4C[C@@H](OC(=O)CC(Cl)=C(Cl)Cl)CC[C@]4(C)[C@H]3CC[C@]12C)C(C)C. The molecule has 0 bridgehead atoms. The lowest BCUT2D eigenvalue weighted by Gasteiger charge is -2.58. The molecule has 4 aliphatic carbocycles. The first kappa shape index (κ1) is 30.8. The Labute approximate surface area is 247 Å². The molecule has 2 nitrogen and oxygen atoms in total. The first-order valence-corrected chi connectivity index (χ1v) is 16.6. The van der Waals surface area contributed by atoms with Crippen molar-refractivity contribution >= 4 is 40.8 Å². The zero-order valence-corrected chi connectivity index (χ0v) is 26.9. The molecule has 0 amide bonds. The summed E-state index contributed by atoms with van der Waals surface area (Å²) in [6.45, 7) is 14.9. The van der Waals surface area contributed by atoms with Crippen LogP contribution in [0.1, 0.15) is 119 Å². The van der Waals surface area contributed by atoms with Crippen LogP contribution in [0.2, 0.25) is 0 Å². The Kier molecular flexibility index (Phi) is 10.0. The summed E-state index contributed by atoms with van der Waals surface area (Å²) in [4.78, 5) is 12.4. The summed E-state index contributed by atoms with van der Waals surface area (Å²) in [5.74, 6) is 5.50. The Morgan fingerprint density at radius 3 is 2.42 bits per heavy atom. The van der Waals surface area contributed by atoms with Crippen LogP contribution in [0.5, 0.6) is 0 Å². The van der Waals surface area contributed by atoms with Crippen LogP contribution in [-0.2, 0) is 9.53 Å². The predicted octanol–water partition coefficient (Wildman–Crippen LogP) is 10.9. The number of carbonyl (C=O) groups excluding carboxylic acids is 1. The molecule has 0 saturated heterocycles. The lowest BCUT2D eigenvalue weighted by Crippen LogP contribution is -2.51. The third kappa shape index (κ3) is 6.04. The maximum Gasteiger partial charge on any atom is 0.311 e. The normalized spacial score (nSPS) is 37.9. The van der Waals surface area contributed by atoms with Crippen molar-refractivity contribution in [2.75, 3.05) is 0 Å². The van der Waals surface area contributed by atoms with Crippen molar-refractivity contribution in [1.29, 1.82) is 0 Å². The van der Waals surface area contributed by atoms with Gasteiger partial charge in [0.2, 0.25) is 0 Å². The highest BCUT2D eigenvalue weighted by molar-refractivity contribution is 6.59.